The van der Waals surface area contributed by atoms with Crippen LogP contribution < -0.4 is 20.7 Å². The zero-order valence-electron chi connectivity index (χ0n) is 13.8. The number of hydrogen-bond acceptors (Lipinski definition) is 3. The number of hydrogen-bond donors (Lipinski definition) is 3. The van der Waals surface area contributed by atoms with Crippen LogP contribution >= 0.6 is 0 Å². The van der Waals surface area contributed by atoms with Gasteiger partial charge in [-0.25, -0.2) is 4.79 Å². The number of amides is 3. The summed E-state index contributed by atoms with van der Waals surface area (Å²) in [4.78, 5) is 23.8. The van der Waals surface area contributed by atoms with E-state index in [4.69, 9.17) is 4.74 Å². The van der Waals surface area contributed by atoms with Crippen LogP contribution in [0.2, 0.25) is 0 Å². The van der Waals surface area contributed by atoms with Gasteiger partial charge in [-0.15, -0.1) is 0 Å². The Morgan fingerprint density at radius 2 is 1.71 bits per heavy atom. The normalized spacial score (nSPS) is 9.92. The van der Waals surface area contributed by atoms with E-state index in [2.05, 4.69) is 16.0 Å². The van der Waals surface area contributed by atoms with E-state index >= 15 is 0 Å². The number of carbonyl (C=O) groups excluding carboxylic acids is 2. The van der Waals surface area contributed by atoms with Crippen molar-refractivity contribution < 1.29 is 14.3 Å². The molecule has 0 saturated carbocycles. The lowest BCUT2D eigenvalue weighted by Gasteiger charge is -2.09. The lowest BCUT2D eigenvalue weighted by atomic mass is 10.2. The summed E-state index contributed by atoms with van der Waals surface area (Å²) in [5, 5.41) is 8.24. The van der Waals surface area contributed by atoms with Gasteiger partial charge >= 0.3 is 6.03 Å². The van der Waals surface area contributed by atoms with Gasteiger partial charge in [-0.1, -0.05) is 13.0 Å². The zero-order valence-corrected chi connectivity index (χ0v) is 13.8. The van der Waals surface area contributed by atoms with Gasteiger partial charge in [0.25, 0.3) is 5.91 Å². The maximum absolute atomic E-state index is 12.0. The summed E-state index contributed by atoms with van der Waals surface area (Å²) in [5.74, 6) is 0.541. The Bertz CT molecular complexity index is 699. The van der Waals surface area contributed by atoms with Crippen molar-refractivity contribution in [2.45, 2.75) is 13.3 Å². The largest absolute Gasteiger partial charge is 0.497 e. The minimum Gasteiger partial charge on any atom is -0.497 e. The second kappa shape index (κ2) is 8.57. The first-order valence-electron chi connectivity index (χ1n) is 7.72. The second-order valence-electron chi connectivity index (χ2n) is 5.14. The number of anilines is 2. The molecule has 0 radical (unpaired) electrons. The molecule has 24 heavy (non-hydrogen) atoms. The highest BCUT2D eigenvalue weighted by Gasteiger charge is 2.06. The fourth-order valence-electron chi connectivity index (χ4n) is 2.04. The van der Waals surface area contributed by atoms with Gasteiger partial charge in [-0.3, -0.25) is 4.79 Å². The van der Waals surface area contributed by atoms with Crippen molar-refractivity contribution >= 4 is 23.3 Å². The van der Waals surface area contributed by atoms with Crippen molar-refractivity contribution in [1.29, 1.82) is 0 Å². The van der Waals surface area contributed by atoms with Gasteiger partial charge in [0.2, 0.25) is 0 Å². The Labute approximate surface area is 141 Å². The molecule has 0 aliphatic rings. The Kier molecular flexibility index (Phi) is 6.19. The lowest BCUT2D eigenvalue weighted by molar-refractivity contribution is 0.0953. The number of rotatable bonds is 6. The molecule has 0 fully saturated rings. The molecule has 0 aromatic heterocycles. The molecule has 2 aromatic carbocycles. The molecule has 126 valence electrons. The molecule has 0 aliphatic carbocycles. The summed E-state index contributed by atoms with van der Waals surface area (Å²) in [5.41, 5.74) is 1.78. The van der Waals surface area contributed by atoms with Crippen LogP contribution in [0, 0.1) is 0 Å². The number of carbonyl (C=O) groups is 2. The van der Waals surface area contributed by atoms with E-state index in [0.717, 1.165) is 6.42 Å². The molecular formula is C18H21N3O3. The smallest absolute Gasteiger partial charge is 0.323 e. The minimum absolute atomic E-state index is 0.121. The van der Waals surface area contributed by atoms with E-state index in [1.54, 1.807) is 55.6 Å². The summed E-state index contributed by atoms with van der Waals surface area (Å²) in [6.45, 7) is 2.63. The van der Waals surface area contributed by atoms with E-state index in [-0.39, 0.29) is 11.9 Å². The van der Waals surface area contributed by atoms with Gasteiger partial charge in [0, 0.05) is 29.5 Å². The van der Waals surface area contributed by atoms with Crippen molar-refractivity contribution in [2.24, 2.45) is 0 Å². The SMILES string of the molecule is CCCNC(=O)c1ccc(NC(=O)Nc2cccc(OC)c2)cc1. The monoisotopic (exact) mass is 327 g/mol. The zero-order chi connectivity index (χ0) is 17.4. The molecule has 0 atom stereocenters. The van der Waals surface area contributed by atoms with Gasteiger partial charge in [-0.05, 0) is 42.8 Å². The fourth-order valence-corrected chi connectivity index (χ4v) is 2.04. The highest BCUT2D eigenvalue weighted by molar-refractivity contribution is 6.00. The summed E-state index contributed by atoms with van der Waals surface area (Å²) in [6, 6.07) is 13.4. The average Bonchev–Trinajstić information content (AvgIpc) is 2.60. The van der Waals surface area contributed by atoms with E-state index in [1.165, 1.54) is 0 Å². The molecule has 6 nitrogen and oxygen atoms in total. The summed E-state index contributed by atoms with van der Waals surface area (Å²) in [7, 11) is 1.57. The first kappa shape index (κ1) is 17.3. The Morgan fingerprint density at radius 1 is 1.00 bits per heavy atom. The second-order valence-corrected chi connectivity index (χ2v) is 5.14. The average molecular weight is 327 g/mol. The van der Waals surface area contributed by atoms with Crippen LogP contribution in [-0.2, 0) is 0 Å². The van der Waals surface area contributed by atoms with Crippen molar-refractivity contribution in [3.8, 4) is 5.75 Å². The number of benzene rings is 2. The molecular weight excluding hydrogens is 306 g/mol. The van der Waals surface area contributed by atoms with E-state index in [9.17, 15) is 9.59 Å². The molecule has 0 aliphatic heterocycles. The number of methoxy groups -OCH3 is 1. The van der Waals surface area contributed by atoms with E-state index < -0.39 is 0 Å². The van der Waals surface area contributed by atoms with Crippen molar-refractivity contribution in [3.05, 3.63) is 54.1 Å². The van der Waals surface area contributed by atoms with Crippen molar-refractivity contribution in [1.82, 2.24) is 5.32 Å². The Hall–Kier alpha value is -3.02. The van der Waals surface area contributed by atoms with Crippen LogP contribution in [0.15, 0.2) is 48.5 Å². The van der Waals surface area contributed by atoms with Crippen LogP contribution in [0.1, 0.15) is 23.7 Å². The lowest BCUT2D eigenvalue weighted by Crippen LogP contribution is -2.24. The molecule has 2 rings (SSSR count). The minimum atomic E-state index is -0.369. The summed E-state index contributed by atoms with van der Waals surface area (Å²) < 4.78 is 5.11. The van der Waals surface area contributed by atoms with Gasteiger partial charge < -0.3 is 20.7 Å². The third-order valence-electron chi connectivity index (χ3n) is 3.27. The Balaban J connectivity index is 1.93. The molecule has 3 amide bonds. The quantitative estimate of drug-likeness (QED) is 0.760. The van der Waals surface area contributed by atoms with Crippen LogP contribution in [0.25, 0.3) is 0 Å². The summed E-state index contributed by atoms with van der Waals surface area (Å²) >= 11 is 0. The standard InChI is InChI=1S/C18H21N3O3/c1-3-11-19-17(22)13-7-9-14(10-8-13)20-18(23)21-15-5-4-6-16(12-15)24-2/h4-10,12H,3,11H2,1-2H3,(H,19,22)(H2,20,21,23). The highest BCUT2D eigenvalue weighted by atomic mass is 16.5. The molecule has 6 heteroatoms. The van der Waals surface area contributed by atoms with Gasteiger partial charge in [0.15, 0.2) is 0 Å². The van der Waals surface area contributed by atoms with E-state index in [0.29, 0.717) is 29.2 Å². The third kappa shape index (κ3) is 5.01. The predicted molar refractivity (Wildman–Crippen MR) is 94.7 cm³/mol. The van der Waals surface area contributed by atoms with Crippen LogP contribution in [-0.4, -0.2) is 25.6 Å². The van der Waals surface area contributed by atoms with Gasteiger partial charge in [0.1, 0.15) is 5.75 Å². The maximum Gasteiger partial charge on any atom is 0.323 e. The van der Waals surface area contributed by atoms with Crippen LogP contribution in [0.5, 0.6) is 5.75 Å². The maximum atomic E-state index is 12.0. The topological polar surface area (TPSA) is 79.5 Å². The van der Waals surface area contributed by atoms with Gasteiger partial charge in [0.05, 0.1) is 7.11 Å². The first-order chi connectivity index (χ1) is 11.6. The van der Waals surface area contributed by atoms with Crippen LogP contribution in [0.4, 0.5) is 16.2 Å². The predicted octanol–water partition coefficient (Wildman–Crippen LogP) is 3.48. The number of nitrogens with one attached hydrogen (secondary N) is 3. The van der Waals surface area contributed by atoms with E-state index in [1.807, 2.05) is 6.92 Å². The molecule has 0 heterocycles. The fraction of sp³-hybridized carbons (Fsp3) is 0.222. The Morgan fingerprint density at radius 3 is 2.38 bits per heavy atom. The first-order valence-corrected chi connectivity index (χ1v) is 7.72. The number of ether oxygens (including phenoxy) is 1. The third-order valence-corrected chi connectivity index (χ3v) is 3.27. The van der Waals surface area contributed by atoms with Gasteiger partial charge in [-0.2, -0.15) is 0 Å². The molecule has 0 bridgehead atoms. The van der Waals surface area contributed by atoms with Crippen LogP contribution in [0.3, 0.4) is 0 Å². The van der Waals surface area contributed by atoms with Crippen molar-refractivity contribution in [3.63, 3.8) is 0 Å². The highest BCUT2D eigenvalue weighted by Crippen LogP contribution is 2.17. The summed E-state index contributed by atoms with van der Waals surface area (Å²) in [6.07, 6.45) is 0.885. The molecule has 0 spiro atoms. The van der Waals surface area contributed by atoms with Crippen molar-refractivity contribution in [2.75, 3.05) is 24.3 Å². The molecule has 2 aromatic rings. The number of urea groups is 1. The molecule has 0 saturated heterocycles. The molecule has 0 unspecified atom stereocenters. The molecule has 3 N–H and O–H groups in total.